The summed E-state index contributed by atoms with van der Waals surface area (Å²) in [6.07, 6.45) is 7.18. The number of fused-ring (bicyclic) bond motifs is 1. The van der Waals surface area contributed by atoms with E-state index in [1.165, 1.54) is 10.9 Å². The van der Waals surface area contributed by atoms with Crippen molar-refractivity contribution in [3.63, 3.8) is 0 Å². The number of hydrogen-bond acceptors (Lipinski definition) is 3. The highest BCUT2D eigenvalue weighted by molar-refractivity contribution is 5.92. The first-order chi connectivity index (χ1) is 15.3. The van der Waals surface area contributed by atoms with Gasteiger partial charge in [0, 0.05) is 49.8 Å². The molecule has 2 aliphatic heterocycles. The molecule has 0 atom stereocenters. The molecule has 0 spiro atoms. The Hall–Kier alpha value is -2.79. The number of amides is 2. The third-order valence-electron chi connectivity index (χ3n) is 6.83. The molecule has 0 radical (unpaired) electrons. The standard InChI is InChI=1S/C26H31N3O2/c30-26-28(22-8-2-1-3-9-22)15-6-7-16-29(26)23-13-18-27(19-14-23)17-12-21-20-31-25-11-5-4-10-24(21)25/h1-5,8-11,20,23H,6-7,12-19H2. The number of urea groups is 1. The summed E-state index contributed by atoms with van der Waals surface area (Å²) in [5, 5.41) is 1.23. The summed E-state index contributed by atoms with van der Waals surface area (Å²) in [5.41, 5.74) is 3.28. The molecule has 2 fully saturated rings. The second kappa shape index (κ2) is 9.15. The molecule has 2 aromatic carbocycles. The number of hydrogen-bond donors (Lipinski definition) is 0. The predicted molar refractivity (Wildman–Crippen MR) is 125 cm³/mol. The Labute approximate surface area is 184 Å². The molecule has 3 heterocycles. The summed E-state index contributed by atoms with van der Waals surface area (Å²) >= 11 is 0. The van der Waals surface area contributed by atoms with Crippen molar-refractivity contribution in [1.29, 1.82) is 0 Å². The maximum atomic E-state index is 13.4. The zero-order valence-electron chi connectivity index (χ0n) is 18.1. The van der Waals surface area contributed by atoms with E-state index < -0.39 is 0 Å². The van der Waals surface area contributed by atoms with E-state index in [0.717, 1.165) is 76.1 Å². The van der Waals surface area contributed by atoms with Gasteiger partial charge in [-0.25, -0.2) is 4.79 Å². The van der Waals surface area contributed by atoms with Gasteiger partial charge < -0.3 is 14.2 Å². The van der Waals surface area contributed by atoms with Crippen molar-refractivity contribution < 1.29 is 9.21 Å². The Morgan fingerprint density at radius 1 is 0.871 bits per heavy atom. The van der Waals surface area contributed by atoms with Gasteiger partial charge in [-0.15, -0.1) is 0 Å². The maximum absolute atomic E-state index is 13.4. The number of benzene rings is 2. The van der Waals surface area contributed by atoms with Gasteiger partial charge in [0.15, 0.2) is 0 Å². The van der Waals surface area contributed by atoms with E-state index in [0.29, 0.717) is 6.04 Å². The summed E-state index contributed by atoms with van der Waals surface area (Å²) in [4.78, 5) is 20.0. The minimum atomic E-state index is 0.187. The quantitative estimate of drug-likeness (QED) is 0.576. The van der Waals surface area contributed by atoms with E-state index in [1.807, 2.05) is 53.6 Å². The molecule has 0 unspecified atom stereocenters. The average molecular weight is 418 g/mol. The summed E-state index contributed by atoms with van der Waals surface area (Å²) in [7, 11) is 0. The van der Waals surface area contributed by atoms with Crippen molar-refractivity contribution >= 4 is 22.7 Å². The largest absolute Gasteiger partial charge is 0.464 e. The van der Waals surface area contributed by atoms with Gasteiger partial charge in [0.05, 0.1) is 6.26 Å². The normalized spacial score (nSPS) is 19.2. The summed E-state index contributed by atoms with van der Waals surface area (Å²) in [6, 6.07) is 18.9. The lowest BCUT2D eigenvalue weighted by molar-refractivity contribution is 0.126. The number of furan rings is 1. The molecule has 0 aliphatic carbocycles. The molecule has 162 valence electrons. The van der Waals surface area contributed by atoms with Crippen LogP contribution in [0.3, 0.4) is 0 Å². The number of anilines is 1. The fourth-order valence-electron chi connectivity index (χ4n) is 5.04. The second-order valence-corrected chi connectivity index (χ2v) is 8.75. The van der Waals surface area contributed by atoms with Crippen molar-refractivity contribution in [2.75, 3.05) is 37.6 Å². The smallest absolute Gasteiger partial charge is 0.324 e. The topological polar surface area (TPSA) is 39.9 Å². The van der Waals surface area contributed by atoms with Crippen molar-refractivity contribution in [1.82, 2.24) is 9.80 Å². The van der Waals surface area contributed by atoms with Gasteiger partial charge in [0.2, 0.25) is 0 Å². The van der Waals surface area contributed by atoms with Crippen LogP contribution in [0.1, 0.15) is 31.2 Å². The lowest BCUT2D eigenvalue weighted by atomic mass is 10.0. The SMILES string of the molecule is O=C1N(c2ccccc2)CCCCN1C1CCN(CCc2coc3ccccc23)CC1. The maximum Gasteiger partial charge on any atom is 0.324 e. The third kappa shape index (κ3) is 4.33. The minimum absolute atomic E-state index is 0.187. The van der Waals surface area contributed by atoms with Crippen molar-refractivity contribution in [2.45, 2.75) is 38.1 Å². The lowest BCUT2D eigenvalue weighted by Crippen LogP contribution is -2.51. The number of para-hydroxylation sites is 2. The predicted octanol–water partition coefficient (Wildman–Crippen LogP) is 5.16. The van der Waals surface area contributed by atoms with Crippen LogP contribution in [-0.4, -0.2) is 54.6 Å². The van der Waals surface area contributed by atoms with E-state index in [2.05, 4.69) is 21.9 Å². The Kier molecular flexibility index (Phi) is 5.94. The Bertz CT molecular complexity index is 1010. The van der Waals surface area contributed by atoms with E-state index in [9.17, 15) is 4.79 Å². The van der Waals surface area contributed by atoms with Gasteiger partial charge in [0.1, 0.15) is 5.58 Å². The minimum Gasteiger partial charge on any atom is -0.464 e. The zero-order valence-corrected chi connectivity index (χ0v) is 18.1. The van der Waals surface area contributed by atoms with Crippen LogP contribution in [0.2, 0.25) is 0 Å². The fraction of sp³-hybridized carbons (Fsp3) is 0.423. The molecule has 5 heteroatoms. The monoisotopic (exact) mass is 417 g/mol. The summed E-state index contributed by atoms with van der Waals surface area (Å²) in [5.74, 6) is 0. The van der Waals surface area contributed by atoms with E-state index in [4.69, 9.17) is 4.42 Å². The molecule has 5 nitrogen and oxygen atoms in total. The molecule has 1 aromatic heterocycles. The molecule has 0 bridgehead atoms. The van der Waals surface area contributed by atoms with Crippen LogP contribution in [0.25, 0.3) is 11.0 Å². The van der Waals surface area contributed by atoms with Crippen molar-refractivity contribution in [3.05, 3.63) is 66.4 Å². The van der Waals surface area contributed by atoms with E-state index in [-0.39, 0.29) is 6.03 Å². The fourth-order valence-corrected chi connectivity index (χ4v) is 5.04. The molecular weight excluding hydrogens is 386 g/mol. The van der Waals surface area contributed by atoms with Crippen molar-refractivity contribution in [2.24, 2.45) is 0 Å². The van der Waals surface area contributed by atoms with Crippen LogP contribution in [0.15, 0.2) is 65.3 Å². The third-order valence-corrected chi connectivity index (χ3v) is 6.83. The second-order valence-electron chi connectivity index (χ2n) is 8.75. The highest BCUT2D eigenvalue weighted by Crippen LogP contribution is 2.26. The van der Waals surface area contributed by atoms with Gasteiger partial charge in [-0.3, -0.25) is 4.90 Å². The molecule has 0 N–H and O–H groups in total. The van der Waals surface area contributed by atoms with Crippen LogP contribution in [0.4, 0.5) is 10.5 Å². The molecule has 2 amide bonds. The first-order valence-electron chi connectivity index (χ1n) is 11.6. The van der Waals surface area contributed by atoms with Gasteiger partial charge in [0.25, 0.3) is 0 Å². The molecule has 2 saturated heterocycles. The lowest BCUT2D eigenvalue weighted by Gasteiger charge is -2.39. The van der Waals surface area contributed by atoms with E-state index >= 15 is 0 Å². The Morgan fingerprint density at radius 2 is 1.61 bits per heavy atom. The van der Waals surface area contributed by atoms with Crippen LogP contribution >= 0.6 is 0 Å². The van der Waals surface area contributed by atoms with Crippen LogP contribution in [-0.2, 0) is 6.42 Å². The van der Waals surface area contributed by atoms with Crippen LogP contribution < -0.4 is 4.90 Å². The highest BCUT2D eigenvalue weighted by atomic mass is 16.3. The Morgan fingerprint density at radius 3 is 2.45 bits per heavy atom. The number of likely N-dealkylation sites (tertiary alicyclic amines) is 1. The van der Waals surface area contributed by atoms with Gasteiger partial charge >= 0.3 is 6.03 Å². The van der Waals surface area contributed by atoms with Crippen molar-refractivity contribution in [3.8, 4) is 0 Å². The molecule has 0 saturated carbocycles. The number of nitrogens with zero attached hydrogens (tertiary/aromatic N) is 3. The number of carbonyl (C=O) groups is 1. The molecule has 2 aliphatic rings. The first kappa shape index (κ1) is 20.1. The van der Waals surface area contributed by atoms with Crippen LogP contribution in [0, 0.1) is 0 Å². The Balaban J connectivity index is 1.18. The highest BCUT2D eigenvalue weighted by Gasteiger charge is 2.32. The zero-order chi connectivity index (χ0) is 21.0. The number of carbonyl (C=O) groups excluding carboxylic acids is 1. The molecular formula is C26H31N3O2. The van der Waals surface area contributed by atoms with Gasteiger partial charge in [-0.2, -0.15) is 0 Å². The number of piperidine rings is 1. The summed E-state index contributed by atoms with van der Waals surface area (Å²) < 4.78 is 5.69. The van der Waals surface area contributed by atoms with Gasteiger partial charge in [-0.05, 0) is 55.9 Å². The molecule has 31 heavy (non-hydrogen) atoms. The molecule has 3 aromatic rings. The van der Waals surface area contributed by atoms with E-state index in [1.54, 1.807) is 0 Å². The number of rotatable bonds is 5. The molecule has 5 rings (SSSR count). The first-order valence-corrected chi connectivity index (χ1v) is 11.6. The summed E-state index contributed by atoms with van der Waals surface area (Å²) in [6.45, 7) is 4.84. The average Bonchev–Trinajstić information content (AvgIpc) is 3.14. The van der Waals surface area contributed by atoms with Crippen LogP contribution in [0.5, 0.6) is 0 Å². The van der Waals surface area contributed by atoms with Gasteiger partial charge in [-0.1, -0.05) is 36.4 Å².